The minimum absolute atomic E-state index is 0.0555. The number of fused-ring (bicyclic) bond motifs is 1. The summed E-state index contributed by atoms with van der Waals surface area (Å²) in [4.78, 5) is 14.2. The topological polar surface area (TPSA) is 96.4 Å². The average Bonchev–Trinajstić information content (AvgIpc) is 2.85. The van der Waals surface area contributed by atoms with Crippen LogP contribution in [0.15, 0.2) is 47.4 Å². The summed E-state index contributed by atoms with van der Waals surface area (Å²) in [6, 6.07) is 9.60. The van der Waals surface area contributed by atoms with E-state index < -0.39 is 33.9 Å². The Morgan fingerprint density at radius 2 is 2.06 bits per heavy atom. The van der Waals surface area contributed by atoms with Gasteiger partial charge < -0.3 is 19.5 Å². The van der Waals surface area contributed by atoms with Crippen LogP contribution in [0.3, 0.4) is 0 Å². The van der Waals surface area contributed by atoms with Gasteiger partial charge in [0.15, 0.2) is 0 Å². The van der Waals surface area contributed by atoms with Gasteiger partial charge in [0.1, 0.15) is 29.2 Å². The number of hydrogen-bond donors (Lipinski definition) is 1. The maximum Gasteiger partial charge on any atom is 0.256 e. The van der Waals surface area contributed by atoms with Gasteiger partial charge in [0.25, 0.3) is 5.91 Å². The first-order valence-corrected chi connectivity index (χ1v) is 12.9. The normalized spacial score (nSPS) is 20.1. The highest BCUT2D eigenvalue weighted by molar-refractivity contribution is 7.89. The number of carbonyl (C=O) groups excluding carboxylic acids is 1. The molecule has 0 aromatic heterocycles. The molecule has 0 aliphatic carbocycles. The van der Waals surface area contributed by atoms with Crippen molar-refractivity contribution in [2.24, 2.45) is 5.92 Å². The summed E-state index contributed by atoms with van der Waals surface area (Å²) < 4.78 is 53.7. The van der Waals surface area contributed by atoms with Crippen LogP contribution in [0.5, 0.6) is 5.75 Å². The lowest BCUT2D eigenvalue weighted by atomic mass is 10.0. The third-order valence-corrected chi connectivity index (χ3v) is 8.04. The molecule has 0 radical (unpaired) electrons. The molecular weight excluding hydrogens is 487 g/mol. The second kappa shape index (κ2) is 11.8. The fourth-order valence-electron chi connectivity index (χ4n) is 3.92. The molecular formula is C26H31FN2O6S. The second-order valence-corrected chi connectivity index (χ2v) is 10.7. The highest BCUT2D eigenvalue weighted by Gasteiger charge is 2.38. The van der Waals surface area contributed by atoms with Crippen LogP contribution >= 0.6 is 0 Å². The summed E-state index contributed by atoms with van der Waals surface area (Å²) in [5.41, 5.74) is 0.471. The molecule has 1 aliphatic heterocycles. The fourth-order valence-corrected chi connectivity index (χ4v) is 5.75. The number of sulfonamides is 1. The molecule has 36 heavy (non-hydrogen) atoms. The standard InChI is InChI=1S/C26H31FN2O6S/c1-18-15-29(19(2)17-30)36(32,33)25-12-11-20(8-7-13-34-4)14-23(25)35-24(18)16-28(3)26(31)21-9-5-6-10-22(21)27/h5-6,9-12,14,18-19,24,30H,13,15-17H2,1-4H3/t18-,19-,24+/m0/s1. The van der Waals surface area contributed by atoms with E-state index in [2.05, 4.69) is 11.8 Å². The van der Waals surface area contributed by atoms with Gasteiger partial charge in [0.2, 0.25) is 10.0 Å². The molecule has 2 aromatic carbocycles. The lowest BCUT2D eigenvalue weighted by Crippen LogP contribution is -2.50. The summed E-state index contributed by atoms with van der Waals surface area (Å²) in [5, 5.41) is 9.76. The van der Waals surface area contributed by atoms with Crippen molar-refractivity contribution in [2.75, 3.05) is 40.5 Å². The maximum absolute atomic E-state index is 14.2. The molecule has 194 valence electrons. The van der Waals surface area contributed by atoms with Gasteiger partial charge in [-0.3, -0.25) is 4.79 Å². The molecule has 1 aliphatic rings. The van der Waals surface area contributed by atoms with E-state index in [9.17, 15) is 22.7 Å². The quantitative estimate of drug-likeness (QED) is 0.590. The van der Waals surface area contributed by atoms with Crippen LogP contribution in [-0.2, 0) is 14.8 Å². The Labute approximate surface area is 211 Å². The molecule has 1 N–H and O–H groups in total. The Morgan fingerprint density at radius 3 is 2.72 bits per heavy atom. The fraction of sp³-hybridized carbons (Fsp3) is 0.423. The largest absolute Gasteiger partial charge is 0.487 e. The molecule has 0 fully saturated rings. The number of aliphatic hydroxyl groups is 1. The predicted octanol–water partition coefficient (Wildman–Crippen LogP) is 2.36. The van der Waals surface area contributed by atoms with Gasteiger partial charge in [-0.15, -0.1) is 0 Å². The molecule has 0 saturated carbocycles. The Hall–Kier alpha value is -2.97. The number of methoxy groups -OCH3 is 1. The average molecular weight is 519 g/mol. The summed E-state index contributed by atoms with van der Waals surface area (Å²) in [6.45, 7) is 3.42. The maximum atomic E-state index is 14.2. The van der Waals surface area contributed by atoms with Crippen molar-refractivity contribution in [3.05, 3.63) is 59.4 Å². The van der Waals surface area contributed by atoms with Crippen molar-refractivity contribution in [1.82, 2.24) is 9.21 Å². The van der Waals surface area contributed by atoms with E-state index in [0.717, 1.165) is 0 Å². The number of ether oxygens (including phenoxy) is 2. The SMILES string of the molecule is COCC#Cc1ccc2c(c1)O[C@H](CN(C)C(=O)c1ccccc1F)[C@@H](C)CN([C@@H](C)CO)S2(=O)=O. The van der Waals surface area contributed by atoms with Gasteiger partial charge >= 0.3 is 0 Å². The number of nitrogens with zero attached hydrogens (tertiary/aromatic N) is 2. The monoisotopic (exact) mass is 518 g/mol. The molecule has 8 nitrogen and oxygen atoms in total. The van der Waals surface area contributed by atoms with Crippen molar-refractivity contribution in [2.45, 2.75) is 30.9 Å². The number of carbonyl (C=O) groups is 1. The molecule has 10 heteroatoms. The first-order chi connectivity index (χ1) is 17.1. The van der Waals surface area contributed by atoms with E-state index >= 15 is 0 Å². The molecule has 0 spiro atoms. The smallest absolute Gasteiger partial charge is 0.256 e. The van der Waals surface area contributed by atoms with Crippen molar-refractivity contribution in [3.8, 4) is 17.6 Å². The number of benzene rings is 2. The summed E-state index contributed by atoms with van der Waals surface area (Å²) >= 11 is 0. The van der Waals surface area contributed by atoms with Crippen LogP contribution < -0.4 is 4.74 Å². The number of likely N-dealkylation sites (N-methyl/N-ethyl adjacent to an activating group) is 1. The van der Waals surface area contributed by atoms with E-state index in [0.29, 0.717) is 5.56 Å². The zero-order valence-electron chi connectivity index (χ0n) is 20.8. The van der Waals surface area contributed by atoms with Crippen LogP contribution in [0.1, 0.15) is 29.8 Å². The molecule has 3 atom stereocenters. The van der Waals surface area contributed by atoms with E-state index in [1.807, 2.05) is 6.92 Å². The minimum Gasteiger partial charge on any atom is -0.487 e. The highest BCUT2D eigenvalue weighted by Crippen LogP contribution is 2.34. The zero-order chi connectivity index (χ0) is 26.5. The number of hydrogen-bond acceptors (Lipinski definition) is 6. The molecule has 1 heterocycles. The third kappa shape index (κ3) is 6.05. The zero-order valence-corrected chi connectivity index (χ0v) is 21.6. The molecule has 0 saturated heterocycles. The van der Waals surface area contributed by atoms with Crippen molar-refractivity contribution in [3.63, 3.8) is 0 Å². The molecule has 0 unspecified atom stereocenters. The van der Waals surface area contributed by atoms with Crippen molar-refractivity contribution < 1.29 is 32.2 Å². The van der Waals surface area contributed by atoms with Gasteiger partial charge in [0.05, 0.1) is 18.7 Å². The first kappa shape index (κ1) is 27.6. The lowest BCUT2D eigenvalue weighted by Gasteiger charge is -2.37. The van der Waals surface area contributed by atoms with Crippen LogP contribution in [0.4, 0.5) is 4.39 Å². The van der Waals surface area contributed by atoms with Gasteiger partial charge in [-0.1, -0.05) is 30.9 Å². The number of amides is 1. The van der Waals surface area contributed by atoms with Crippen LogP contribution in [0, 0.1) is 23.6 Å². The van der Waals surface area contributed by atoms with Crippen LogP contribution in [0.25, 0.3) is 0 Å². The van der Waals surface area contributed by atoms with Crippen LogP contribution in [-0.4, -0.2) is 81.2 Å². The summed E-state index contributed by atoms with van der Waals surface area (Å²) in [5.74, 6) is 4.31. The number of rotatable bonds is 6. The Morgan fingerprint density at radius 1 is 1.33 bits per heavy atom. The van der Waals surface area contributed by atoms with Gasteiger partial charge in [-0.2, -0.15) is 4.31 Å². The second-order valence-electron chi connectivity index (χ2n) is 8.80. The highest BCUT2D eigenvalue weighted by atomic mass is 32.2. The van der Waals surface area contributed by atoms with Gasteiger partial charge in [0, 0.05) is 38.2 Å². The molecule has 2 aromatic rings. The van der Waals surface area contributed by atoms with Gasteiger partial charge in [-0.05, 0) is 37.3 Å². The summed E-state index contributed by atoms with van der Waals surface area (Å²) in [6.07, 6.45) is -0.629. The Kier molecular flexibility index (Phi) is 9.08. The van der Waals surface area contributed by atoms with Gasteiger partial charge in [-0.25, -0.2) is 12.8 Å². The Balaban J connectivity index is 2.01. The third-order valence-electron chi connectivity index (χ3n) is 6.02. The predicted molar refractivity (Wildman–Crippen MR) is 133 cm³/mol. The van der Waals surface area contributed by atoms with E-state index in [1.165, 1.54) is 40.6 Å². The minimum atomic E-state index is -4.00. The number of halogens is 1. The molecule has 1 amide bonds. The summed E-state index contributed by atoms with van der Waals surface area (Å²) in [7, 11) is -0.936. The van der Waals surface area contributed by atoms with E-state index in [-0.39, 0.29) is 48.4 Å². The first-order valence-electron chi connectivity index (χ1n) is 11.5. The number of aliphatic hydroxyl groups excluding tert-OH is 1. The van der Waals surface area contributed by atoms with E-state index in [1.54, 1.807) is 32.2 Å². The molecule has 0 bridgehead atoms. The lowest BCUT2D eigenvalue weighted by molar-refractivity contribution is 0.0560. The Bertz CT molecular complexity index is 1260. The van der Waals surface area contributed by atoms with Crippen molar-refractivity contribution >= 4 is 15.9 Å². The van der Waals surface area contributed by atoms with Crippen molar-refractivity contribution in [1.29, 1.82) is 0 Å². The van der Waals surface area contributed by atoms with E-state index in [4.69, 9.17) is 9.47 Å². The molecule has 3 rings (SSSR count). The van der Waals surface area contributed by atoms with Crippen LogP contribution in [0.2, 0.25) is 0 Å².